The average Bonchev–Trinajstić information content (AvgIpc) is 2.62. The highest BCUT2D eigenvalue weighted by Gasteiger charge is 2.00. The first-order valence-electron chi connectivity index (χ1n) is 4.13. The van der Waals surface area contributed by atoms with Crippen molar-refractivity contribution in [1.82, 2.24) is 9.97 Å². The molecule has 2 rings (SSSR count). The number of benzene rings is 1. The lowest BCUT2D eigenvalue weighted by Crippen LogP contribution is -1.90. The van der Waals surface area contributed by atoms with Crippen molar-refractivity contribution in [2.24, 2.45) is 0 Å². The van der Waals surface area contributed by atoms with Gasteiger partial charge in [0.2, 0.25) is 0 Å². The quantitative estimate of drug-likeness (QED) is 0.709. The molecule has 0 aliphatic heterocycles. The van der Waals surface area contributed by atoms with Crippen molar-refractivity contribution in [3.05, 3.63) is 36.2 Å². The number of hydrogen-bond donors (Lipinski definition) is 2. The van der Waals surface area contributed by atoms with Gasteiger partial charge < -0.3 is 10.7 Å². The molecule has 1 aromatic heterocycles. The summed E-state index contributed by atoms with van der Waals surface area (Å²) in [5.74, 6) is 0.853. The minimum atomic E-state index is 0. The number of nitrogens with zero attached hydrogens (tertiary/aromatic N) is 1. The molecule has 1 aromatic carbocycles. The van der Waals surface area contributed by atoms with Crippen LogP contribution in [0.15, 0.2) is 30.6 Å². The third kappa shape index (κ3) is 1.88. The monoisotopic (exact) mass is 209 g/mol. The zero-order chi connectivity index (χ0) is 9.26. The lowest BCUT2D eigenvalue weighted by Gasteiger charge is -2.01. The number of hydrogen-bond acceptors (Lipinski definition) is 2. The summed E-state index contributed by atoms with van der Waals surface area (Å²) < 4.78 is 0. The summed E-state index contributed by atoms with van der Waals surface area (Å²) in [6, 6.07) is 5.92. The van der Waals surface area contributed by atoms with Crippen molar-refractivity contribution in [1.29, 1.82) is 0 Å². The van der Waals surface area contributed by atoms with Gasteiger partial charge in [-0.25, -0.2) is 4.98 Å². The van der Waals surface area contributed by atoms with E-state index in [0.29, 0.717) is 0 Å². The van der Waals surface area contributed by atoms with E-state index in [4.69, 9.17) is 5.73 Å². The molecule has 4 heteroatoms. The Hall–Kier alpha value is -1.48. The third-order valence-electron chi connectivity index (χ3n) is 2.05. The van der Waals surface area contributed by atoms with Gasteiger partial charge in [0, 0.05) is 23.6 Å². The minimum Gasteiger partial charge on any atom is -0.398 e. The number of imidazole rings is 1. The number of H-pyrrole nitrogens is 1. The standard InChI is InChI=1S/C10H11N3.ClH/c1-7-2-3-8(6-9(7)11)10-12-4-5-13-10;/h2-6H,11H2,1H3,(H,12,13);1H. The highest BCUT2D eigenvalue weighted by molar-refractivity contribution is 5.85. The number of rotatable bonds is 1. The highest BCUT2D eigenvalue weighted by atomic mass is 35.5. The van der Waals surface area contributed by atoms with E-state index < -0.39 is 0 Å². The molecule has 0 saturated heterocycles. The second-order valence-electron chi connectivity index (χ2n) is 3.01. The molecule has 0 aliphatic rings. The number of anilines is 1. The Bertz CT molecular complexity index is 409. The number of nitrogens with one attached hydrogen (secondary N) is 1. The van der Waals surface area contributed by atoms with Crippen molar-refractivity contribution >= 4 is 18.1 Å². The smallest absolute Gasteiger partial charge is 0.137 e. The van der Waals surface area contributed by atoms with Gasteiger partial charge in [0.05, 0.1) is 0 Å². The Labute approximate surface area is 88.8 Å². The zero-order valence-corrected chi connectivity index (χ0v) is 8.64. The van der Waals surface area contributed by atoms with E-state index in [1.165, 1.54) is 0 Å². The topological polar surface area (TPSA) is 54.7 Å². The molecule has 0 amide bonds. The number of aromatic nitrogens is 2. The second kappa shape index (κ2) is 4.15. The van der Waals surface area contributed by atoms with Crippen LogP contribution in [-0.4, -0.2) is 9.97 Å². The Kier molecular flexibility index (Phi) is 3.14. The minimum absolute atomic E-state index is 0. The SMILES string of the molecule is Cc1ccc(-c2ncc[nH]2)cc1N.Cl. The van der Waals surface area contributed by atoms with E-state index >= 15 is 0 Å². The van der Waals surface area contributed by atoms with Gasteiger partial charge in [-0.3, -0.25) is 0 Å². The fraction of sp³-hybridized carbons (Fsp3) is 0.100. The molecule has 14 heavy (non-hydrogen) atoms. The molecular weight excluding hydrogens is 198 g/mol. The molecule has 2 aromatic rings. The van der Waals surface area contributed by atoms with Gasteiger partial charge in [0.1, 0.15) is 5.82 Å². The van der Waals surface area contributed by atoms with E-state index in [1.54, 1.807) is 12.4 Å². The summed E-state index contributed by atoms with van der Waals surface area (Å²) in [6.45, 7) is 1.99. The molecule has 3 N–H and O–H groups in total. The molecule has 0 atom stereocenters. The molecule has 0 aliphatic carbocycles. The first-order chi connectivity index (χ1) is 6.27. The van der Waals surface area contributed by atoms with Crippen LogP contribution < -0.4 is 5.73 Å². The largest absolute Gasteiger partial charge is 0.398 e. The van der Waals surface area contributed by atoms with E-state index in [-0.39, 0.29) is 12.4 Å². The van der Waals surface area contributed by atoms with Crippen LogP contribution in [0.5, 0.6) is 0 Å². The first kappa shape index (κ1) is 10.6. The van der Waals surface area contributed by atoms with Crippen molar-refractivity contribution in [2.75, 3.05) is 5.73 Å². The molecule has 74 valence electrons. The lowest BCUT2D eigenvalue weighted by atomic mass is 10.1. The summed E-state index contributed by atoms with van der Waals surface area (Å²) in [5.41, 5.74) is 8.70. The molecule has 0 unspecified atom stereocenters. The van der Waals surface area contributed by atoms with E-state index in [9.17, 15) is 0 Å². The first-order valence-corrected chi connectivity index (χ1v) is 4.13. The van der Waals surface area contributed by atoms with Crippen LogP contribution in [0.2, 0.25) is 0 Å². The van der Waals surface area contributed by atoms with Gasteiger partial charge >= 0.3 is 0 Å². The number of nitrogen functional groups attached to an aromatic ring is 1. The third-order valence-corrected chi connectivity index (χ3v) is 2.05. The van der Waals surface area contributed by atoms with Crippen molar-refractivity contribution < 1.29 is 0 Å². The molecule has 1 heterocycles. The number of aromatic amines is 1. The second-order valence-corrected chi connectivity index (χ2v) is 3.01. The van der Waals surface area contributed by atoms with E-state index in [1.807, 2.05) is 25.1 Å². The Morgan fingerprint density at radius 2 is 2.14 bits per heavy atom. The average molecular weight is 210 g/mol. The summed E-state index contributed by atoms with van der Waals surface area (Å²) in [7, 11) is 0. The Morgan fingerprint density at radius 1 is 1.36 bits per heavy atom. The zero-order valence-electron chi connectivity index (χ0n) is 7.82. The van der Waals surface area contributed by atoms with Crippen LogP contribution >= 0.6 is 12.4 Å². The number of aryl methyl sites for hydroxylation is 1. The fourth-order valence-corrected chi connectivity index (χ4v) is 1.21. The molecule has 0 spiro atoms. The van der Waals surface area contributed by atoms with Crippen LogP contribution in [0.25, 0.3) is 11.4 Å². The normalized spacial score (nSPS) is 9.50. The predicted molar refractivity (Wildman–Crippen MR) is 60.4 cm³/mol. The highest BCUT2D eigenvalue weighted by Crippen LogP contribution is 2.19. The summed E-state index contributed by atoms with van der Waals surface area (Å²) in [5, 5.41) is 0. The van der Waals surface area contributed by atoms with Gasteiger partial charge in [-0.15, -0.1) is 12.4 Å². The van der Waals surface area contributed by atoms with Gasteiger partial charge in [-0.1, -0.05) is 12.1 Å². The lowest BCUT2D eigenvalue weighted by molar-refractivity contribution is 1.30. The van der Waals surface area contributed by atoms with Crippen LogP contribution in [0.3, 0.4) is 0 Å². The maximum absolute atomic E-state index is 5.79. The number of halogens is 1. The van der Waals surface area contributed by atoms with Gasteiger partial charge in [-0.2, -0.15) is 0 Å². The van der Waals surface area contributed by atoms with Crippen molar-refractivity contribution in [2.45, 2.75) is 6.92 Å². The molecular formula is C10H12ClN3. The molecule has 0 saturated carbocycles. The maximum atomic E-state index is 5.79. The van der Waals surface area contributed by atoms with Crippen molar-refractivity contribution in [3.8, 4) is 11.4 Å². The fourth-order valence-electron chi connectivity index (χ4n) is 1.21. The summed E-state index contributed by atoms with van der Waals surface area (Å²) >= 11 is 0. The maximum Gasteiger partial charge on any atom is 0.137 e. The van der Waals surface area contributed by atoms with Crippen LogP contribution in [0, 0.1) is 6.92 Å². The Morgan fingerprint density at radius 3 is 2.71 bits per heavy atom. The Balaban J connectivity index is 0.000000980. The number of nitrogens with two attached hydrogens (primary N) is 1. The van der Waals surface area contributed by atoms with Crippen molar-refractivity contribution in [3.63, 3.8) is 0 Å². The van der Waals surface area contributed by atoms with Crippen LogP contribution in [-0.2, 0) is 0 Å². The van der Waals surface area contributed by atoms with Crippen LogP contribution in [0.1, 0.15) is 5.56 Å². The van der Waals surface area contributed by atoms with Crippen LogP contribution in [0.4, 0.5) is 5.69 Å². The molecule has 0 bridgehead atoms. The summed E-state index contributed by atoms with van der Waals surface area (Å²) in [4.78, 5) is 7.18. The molecule has 0 radical (unpaired) electrons. The predicted octanol–water partition coefficient (Wildman–Crippen LogP) is 2.39. The van der Waals surface area contributed by atoms with Gasteiger partial charge in [0.25, 0.3) is 0 Å². The molecule has 0 fully saturated rings. The van der Waals surface area contributed by atoms with E-state index in [0.717, 1.165) is 22.6 Å². The van der Waals surface area contributed by atoms with Gasteiger partial charge in [-0.05, 0) is 18.6 Å². The van der Waals surface area contributed by atoms with E-state index in [2.05, 4.69) is 9.97 Å². The molecule has 3 nitrogen and oxygen atoms in total. The summed E-state index contributed by atoms with van der Waals surface area (Å²) in [6.07, 6.45) is 3.52. The van der Waals surface area contributed by atoms with Gasteiger partial charge in [0.15, 0.2) is 0 Å².